The molecule has 0 bridgehead atoms. The Kier molecular flexibility index (Phi) is 6.11. The largest absolute Gasteiger partial charge is 0.491 e. The smallest absolute Gasteiger partial charge is 0.435 e. The van der Waals surface area contributed by atoms with Gasteiger partial charge in [0.15, 0.2) is 5.69 Å². The van der Waals surface area contributed by atoms with Gasteiger partial charge in [0.05, 0.1) is 0 Å². The van der Waals surface area contributed by atoms with Crippen molar-refractivity contribution in [2.75, 3.05) is 19.7 Å². The first-order valence-corrected chi connectivity index (χ1v) is 9.14. The quantitative estimate of drug-likeness (QED) is 0.763. The highest BCUT2D eigenvalue weighted by atomic mass is 19.4. The van der Waals surface area contributed by atoms with Gasteiger partial charge in [-0.2, -0.15) is 18.3 Å². The maximum Gasteiger partial charge on any atom is 0.435 e. The van der Waals surface area contributed by atoms with E-state index in [0.29, 0.717) is 25.1 Å². The van der Waals surface area contributed by atoms with Gasteiger partial charge in [-0.1, -0.05) is 0 Å². The Balaban J connectivity index is 1.53. The highest BCUT2D eigenvalue weighted by Gasteiger charge is 2.35. The van der Waals surface area contributed by atoms with Gasteiger partial charge in [-0.25, -0.2) is 4.39 Å². The van der Waals surface area contributed by atoms with E-state index in [4.69, 9.17) is 4.74 Å². The van der Waals surface area contributed by atoms with Crippen LogP contribution < -0.4 is 4.74 Å². The molecule has 10 heteroatoms. The van der Waals surface area contributed by atoms with Crippen LogP contribution in [0.15, 0.2) is 36.5 Å². The summed E-state index contributed by atoms with van der Waals surface area (Å²) in [5.41, 5.74) is -2.20. The molecular formula is C19H21F4N3O3. The molecule has 29 heavy (non-hydrogen) atoms. The van der Waals surface area contributed by atoms with E-state index in [-0.39, 0.29) is 37.8 Å². The number of benzene rings is 1. The van der Waals surface area contributed by atoms with Crippen LogP contribution in [0.25, 0.3) is 0 Å². The first-order chi connectivity index (χ1) is 13.6. The van der Waals surface area contributed by atoms with E-state index >= 15 is 0 Å². The van der Waals surface area contributed by atoms with E-state index in [1.165, 1.54) is 29.2 Å². The van der Waals surface area contributed by atoms with Gasteiger partial charge < -0.3 is 14.7 Å². The molecule has 1 aromatic heterocycles. The summed E-state index contributed by atoms with van der Waals surface area (Å²) in [6.07, 6.45) is -2.27. The number of halogens is 4. The van der Waals surface area contributed by atoms with Crippen molar-refractivity contribution in [3.8, 4) is 5.75 Å². The average molecular weight is 415 g/mol. The fraction of sp³-hybridized carbons (Fsp3) is 0.474. The van der Waals surface area contributed by atoms with Crippen molar-refractivity contribution < 1.29 is 32.2 Å². The van der Waals surface area contributed by atoms with Gasteiger partial charge in [-0.3, -0.25) is 9.48 Å². The molecular weight excluding hydrogens is 394 g/mol. The number of aliphatic hydroxyl groups is 1. The predicted molar refractivity (Wildman–Crippen MR) is 94.5 cm³/mol. The number of carbonyl (C=O) groups is 1. The minimum atomic E-state index is -4.56. The molecule has 0 radical (unpaired) electrons. The van der Waals surface area contributed by atoms with Crippen molar-refractivity contribution in [3.05, 3.63) is 48.0 Å². The minimum absolute atomic E-state index is 0.00520. The lowest BCUT2D eigenvalue weighted by molar-refractivity contribution is -0.142. The number of likely N-dealkylation sites (tertiary alicyclic amines) is 1. The number of ether oxygens (including phenoxy) is 1. The molecule has 1 atom stereocenters. The molecule has 1 fully saturated rings. The van der Waals surface area contributed by atoms with Crippen molar-refractivity contribution in [1.29, 1.82) is 0 Å². The summed E-state index contributed by atoms with van der Waals surface area (Å²) in [4.78, 5) is 13.9. The van der Waals surface area contributed by atoms with Crippen molar-refractivity contribution in [3.63, 3.8) is 0 Å². The molecule has 3 rings (SSSR count). The Bertz CT molecular complexity index is 838. The molecule has 0 unspecified atom stereocenters. The van der Waals surface area contributed by atoms with Crippen molar-refractivity contribution in [2.24, 2.45) is 0 Å². The molecule has 158 valence electrons. The summed E-state index contributed by atoms with van der Waals surface area (Å²) < 4.78 is 57.3. The number of amides is 1. The summed E-state index contributed by atoms with van der Waals surface area (Å²) in [6.45, 7) is 0.315. The van der Waals surface area contributed by atoms with Gasteiger partial charge in [0, 0.05) is 19.3 Å². The van der Waals surface area contributed by atoms with E-state index in [2.05, 4.69) is 5.10 Å². The molecule has 2 heterocycles. The second kappa shape index (κ2) is 8.40. The van der Waals surface area contributed by atoms with Crippen LogP contribution in [0.2, 0.25) is 0 Å². The summed E-state index contributed by atoms with van der Waals surface area (Å²) in [6, 6.07) is 6.26. The van der Waals surface area contributed by atoms with E-state index in [0.717, 1.165) is 16.9 Å². The third-order valence-electron chi connectivity index (χ3n) is 4.82. The average Bonchev–Trinajstić information content (AvgIpc) is 3.04. The summed E-state index contributed by atoms with van der Waals surface area (Å²) in [7, 11) is 0. The fourth-order valence-electron chi connectivity index (χ4n) is 3.16. The summed E-state index contributed by atoms with van der Waals surface area (Å²) >= 11 is 0. The highest BCUT2D eigenvalue weighted by molar-refractivity contribution is 5.75. The zero-order valence-electron chi connectivity index (χ0n) is 15.5. The zero-order valence-corrected chi connectivity index (χ0v) is 15.5. The van der Waals surface area contributed by atoms with Crippen LogP contribution >= 0.6 is 0 Å². The van der Waals surface area contributed by atoms with Crippen LogP contribution in [0.5, 0.6) is 5.75 Å². The second-order valence-corrected chi connectivity index (χ2v) is 7.10. The number of hydrogen-bond donors (Lipinski definition) is 1. The van der Waals surface area contributed by atoms with E-state index in [1.54, 1.807) is 0 Å². The van der Waals surface area contributed by atoms with Gasteiger partial charge >= 0.3 is 6.18 Å². The molecule has 1 N–H and O–H groups in total. The van der Waals surface area contributed by atoms with Crippen LogP contribution in [0.3, 0.4) is 0 Å². The van der Waals surface area contributed by atoms with Crippen molar-refractivity contribution in [2.45, 2.75) is 37.6 Å². The van der Waals surface area contributed by atoms with Gasteiger partial charge in [-0.15, -0.1) is 0 Å². The monoisotopic (exact) mass is 415 g/mol. The number of rotatable bonds is 5. The molecule has 0 aliphatic carbocycles. The first kappa shape index (κ1) is 21.1. The lowest BCUT2D eigenvalue weighted by Crippen LogP contribution is -2.39. The zero-order chi connectivity index (χ0) is 21.1. The molecule has 0 spiro atoms. The Morgan fingerprint density at radius 2 is 1.90 bits per heavy atom. The highest BCUT2D eigenvalue weighted by Crippen LogP contribution is 2.27. The Hall–Kier alpha value is -2.62. The number of aromatic nitrogens is 2. The number of hydrogen-bond acceptors (Lipinski definition) is 4. The second-order valence-electron chi connectivity index (χ2n) is 7.10. The Labute approximate surface area is 164 Å². The van der Waals surface area contributed by atoms with Crippen LogP contribution in [0.4, 0.5) is 17.6 Å². The lowest BCUT2D eigenvalue weighted by atomic mass is 9.96. The third-order valence-corrected chi connectivity index (χ3v) is 4.82. The maximum atomic E-state index is 12.9. The first-order valence-electron chi connectivity index (χ1n) is 9.14. The topological polar surface area (TPSA) is 67.6 Å². The fourth-order valence-corrected chi connectivity index (χ4v) is 3.16. The van der Waals surface area contributed by atoms with Crippen molar-refractivity contribution in [1.82, 2.24) is 14.7 Å². The number of alkyl halides is 3. The van der Waals surface area contributed by atoms with Gasteiger partial charge in [0.2, 0.25) is 5.91 Å². The molecule has 1 amide bonds. The predicted octanol–water partition coefficient (Wildman–Crippen LogP) is 2.86. The normalized spacial score (nSPS) is 20.4. The summed E-state index contributed by atoms with van der Waals surface area (Å²) in [5, 5.41) is 14.2. The maximum absolute atomic E-state index is 12.9. The van der Waals surface area contributed by atoms with Gasteiger partial charge in [0.1, 0.15) is 30.3 Å². The van der Waals surface area contributed by atoms with Crippen LogP contribution in [0.1, 0.15) is 25.0 Å². The summed E-state index contributed by atoms with van der Waals surface area (Å²) in [5.74, 6) is -0.332. The van der Waals surface area contributed by atoms with E-state index < -0.39 is 17.5 Å². The lowest BCUT2D eigenvalue weighted by Gasteiger charge is -2.27. The van der Waals surface area contributed by atoms with Gasteiger partial charge in [0.25, 0.3) is 0 Å². The van der Waals surface area contributed by atoms with Crippen LogP contribution in [-0.2, 0) is 17.5 Å². The number of nitrogens with zero attached hydrogens (tertiary/aromatic N) is 3. The molecule has 0 saturated carbocycles. The molecule has 6 nitrogen and oxygen atoms in total. The van der Waals surface area contributed by atoms with E-state index in [1.807, 2.05) is 0 Å². The van der Waals surface area contributed by atoms with Crippen molar-refractivity contribution >= 4 is 5.91 Å². The molecule has 1 aromatic carbocycles. The van der Waals surface area contributed by atoms with Crippen LogP contribution in [0, 0.1) is 5.82 Å². The Morgan fingerprint density at radius 1 is 1.17 bits per heavy atom. The molecule has 1 aliphatic rings. The Morgan fingerprint density at radius 3 is 2.55 bits per heavy atom. The van der Waals surface area contributed by atoms with Crippen LogP contribution in [-0.4, -0.2) is 51.0 Å². The van der Waals surface area contributed by atoms with E-state index in [9.17, 15) is 27.5 Å². The molecule has 1 aliphatic heterocycles. The SMILES string of the molecule is O=C(Cn1ccc(C(F)(F)F)n1)N1CCC[C@](O)(COc2ccc(F)cc2)CC1. The minimum Gasteiger partial charge on any atom is -0.491 e. The van der Waals surface area contributed by atoms with Gasteiger partial charge in [-0.05, 0) is 49.6 Å². The number of carbonyl (C=O) groups excluding carboxylic acids is 1. The third kappa shape index (κ3) is 5.69. The standard InChI is InChI=1S/C19H21F4N3O3/c20-14-2-4-15(5-3-14)29-13-18(28)7-1-9-25(11-8-18)17(27)12-26-10-6-16(24-26)19(21,22)23/h2-6,10,28H,1,7-9,11-13H2/t18-/m1/s1. The molecule has 1 saturated heterocycles. The molecule has 2 aromatic rings.